The van der Waals surface area contributed by atoms with Crippen molar-refractivity contribution in [2.45, 2.75) is 25.7 Å². The van der Waals surface area contributed by atoms with E-state index in [0.717, 1.165) is 29.9 Å². The van der Waals surface area contributed by atoms with Crippen molar-refractivity contribution >= 4 is 27.3 Å². The van der Waals surface area contributed by atoms with Crippen LogP contribution in [0.1, 0.15) is 27.0 Å². The maximum absolute atomic E-state index is 13.2. The van der Waals surface area contributed by atoms with Gasteiger partial charge in [0.25, 0.3) is 15.9 Å². The second-order valence-corrected chi connectivity index (χ2v) is 10.2. The molecule has 0 saturated carbocycles. The van der Waals surface area contributed by atoms with Crippen molar-refractivity contribution in [3.63, 3.8) is 0 Å². The largest absolute Gasteiger partial charge is 0.368 e. The molecule has 4 rings (SSSR count). The molecule has 7 heteroatoms. The standard InChI is InChI=1S/C26H29N3O3S/c1-19-10-12-23(17-21(19)3)27-33(31,32)25-18-22(11-9-20(25)2)26(30)29-15-13-28(14-16-29)24-7-5-4-6-8-24/h4-12,17-18,27H,13-16H2,1-3H3. The van der Waals surface area contributed by atoms with Crippen LogP contribution < -0.4 is 9.62 Å². The van der Waals surface area contributed by atoms with E-state index < -0.39 is 10.0 Å². The van der Waals surface area contributed by atoms with Crippen LogP contribution >= 0.6 is 0 Å². The third kappa shape index (κ3) is 5.03. The molecule has 1 saturated heterocycles. The molecule has 6 nitrogen and oxygen atoms in total. The van der Waals surface area contributed by atoms with Crippen molar-refractivity contribution in [3.05, 3.63) is 89.0 Å². The maximum Gasteiger partial charge on any atom is 0.262 e. The van der Waals surface area contributed by atoms with Crippen LogP contribution in [0.5, 0.6) is 0 Å². The van der Waals surface area contributed by atoms with Gasteiger partial charge in [-0.15, -0.1) is 0 Å². The summed E-state index contributed by atoms with van der Waals surface area (Å²) >= 11 is 0. The second kappa shape index (κ2) is 9.27. The van der Waals surface area contributed by atoms with Gasteiger partial charge < -0.3 is 9.80 Å². The van der Waals surface area contributed by atoms with Crippen molar-refractivity contribution in [1.82, 2.24) is 4.90 Å². The third-order valence-corrected chi connectivity index (χ3v) is 7.70. The van der Waals surface area contributed by atoms with Gasteiger partial charge in [-0.25, -0.2) is 8.42 Å². The van der Waals surface area contributed by atoms with Crippen LogP contribution in [-0.2, 0) is 10.0 Å². The van der Waals surface area contributed by atoms with Gasteiger partial charge in [0.2, 0.25) is 0 Å². The van der Waals surface area contributed by atoms with Crippen molar-refractivity contribution in [2.75, 3.05) is 35.8 Å². The zero-order chi connectivity index (χ0) is 23.6. The Morgan fingerprint density at radius 2 is 1.45 bits per heavy atom. The van der Waals surface area contributed by atoms with Gasteiger partial charge in [0.15, 0.2) is 0 Å². The van der Waals surface area contributed by atoms with Crippen LogP contribution in [0.25, 0.3) is 0 Å². The Bertz CT molecular complexity index is 1270. The molecule has 33 heavy (non-hydrogen) atoms. The number of aryl methyl sites for hydroxylation is 3. The average molecular weight is 464 g/mol. The number of nitrogens with zero attached hydrogens (tertiary/aromatic N) is 2. The Balaban J connectivity index is 1.50. The quantitative estimate of drug-likeness (QED) is 0.610. The SMILES string of the molecule is Cc1ccc(NS(=O)(=O)c2cc(C(=O)N3CCN(c4ccccc4)CC3)ccc2C)cc1C. The predicted molar refractivity (Wildman–Crippen MR) is 132 cm³/mol. The number of anilines is 2. The molecule has 3 aromatic rings. The normalized spacial score (nSPS) is 14.3. The van der Waals surface area contributed by atoms with E-state index in [1.165, 1.54) is 6.07 Å². The number of rotatable bonds is 5. The molecule has 0 spiro atoms. The van der Waals surface area contributed by atoms with Crippen LogP contribution in [0, 0.1) is 20.8 Å². The van der Waals surface area contributed by atoms with E-state index in [9.17, 15) is 13.2 Å². The second-order valence-electron chi connectivity index (χ2n) is 8.50. The minimum absolute atomic E-state index is 0.120. The lowest BCUT2D eigenvalue weighted by Crippen LogP contribution is -2.48. The number of piperazine rings is 1. The molecule has 0 aliphatic carbocycles. The molecule has 0 aromatic heterocycles. The fraction of sp³-hybridized carbons (Fsp3) is 0.269. The van der Waals surface area contributed by atoms with Gasteiger partial charge in [0, 0.05) is 43.1 Å². The minimum Gasteiger partial charge on any atom is -0.368 e. The number of benzene rings is 3. The van der Waals surface area contributed by atoms with E-state index in [-0.39, 0.29) is 10.8 Å². The molecule has 1 aliphatic heterocycles. The Morgan fingerprint density at radius 1 is 0.788 bits per heavy atom. The fourth-order valence-electron chi connectivity index (χ4n) is 4.03. The lowest BCUT2D eigenvalue weighted by molar-refractivity contribution is 0.0746. The van der Waals surface area contributed by atoms with Crippen molar-refractivity contribution < 1.29 is 13.2 Å². The molecular formula is C26H29N3O3S. The molecule has 1 N–H and O–H groups in total. The number of sulfonamides is 1. The fourth-order valence-corrected chi connectivity index (χ4v) is 5.35. The summed E-state index contributed by atoms with van der Waals surface area (Å²) in [4.78, 5) is 17.3. The first-order valence-corrected chi connectivity index (χ1v) is 12.5. The molecule has 0 atom stereocenters. The van der Waals surface area contributed by atoms with Crippen LogP contribution in [-0.4, -0.2) is 45.4 Å². The summed E-state index contributed by atoms with van der Waals surface area (Å²) in [5, 5.41) is 0. The van der Waals surface area contributed by atoms with E-state index >= 15 is 0 Å². The number of hydrogen-bond donors (Lipinski definition) is 1. The van der Waals surface area contributed by atoms with Crippen LogP contribution in [0.3, 0.4) is 0 Å². The van der Waals surface area contributed by atoms with Crippen LogP contribution in [0.2, 0.25) is 0 Å². The Labute approximate surface area is 195 Å². The van der Waals surface area contributed by atoms with Gasteiger partial charge in [0.1, 0.15) is 0 Å². The number of carbonyl (C=O) groups excluding carboxylic acids is 1. The van der Waals surface area contributed by atoms with Crippen molar-refractivity contribution in [3.8, 4) is 0 Å². The first-order valence-electron chi connectivity index (χ1n) is 11.0. The molecule has 172 valence electrons. The number of para-hydroxylation sites is 1. The average Bonchev–Trinajstić information content (AvgIpc) is 2.82. The van der Waals surface area contributed by atoms with E-state index in [1.54, 1.807) is 30.0 Å². The van der Waals surface area contributed by atoms with Crippen molar-refractivity contribution in [2.24, 2.45) is 0 Å². The number of amides is 1. The topological polar surface area (TPSA) is 69.7 Å². The Hall–Kier alpha value is -3.32. The summed E-state index contributed by atoms with van der Waals surface area (Å²) in [5.41, 5.74) is 4.72. The lowest BCUT2D eigenvalue weighted by Gasteiger charge is -2.36. The van der Waals surface area contributed by atoms with Gasteiger partial charge in [0.05, 0.1) is 4.90 Å². The summed E-state index contributed by atoms with van der Waals surface area (Å²) in [5.74, 6) is -0.148. The zero-order valence-electron chi connectivity index (χ0n) is 19.2. The Morgan fingerprint density at radius 3 is 2.12 bits per heavy atom. The van der Waals surface area contributed by atoms with E-state index in [2.05, 4.69) is 21.8 Å². The van der Waals surface area contributed by atoms with Gasteiger partial charge >= 0.3 is 0 Å². The first kappa shape index (κ1) is 22.9. The molecule has 1 amide bonds. The predicted octanol–water partition coefficient (Wildman–Crippen LogP) is 4.38. The van der Waals surface area contributed by atoms with Gasteiger partial charge in [-0.1, -0.05) is 30.3 Å². The van der Waals surface area contributed by atoms with E-state index in [1.807, 2.05) is 44.2 Å². The number of hydrogen-bond acceptors (Lipinski definition) is 4. The van der Waals surface area contributed by atoms with E-state index in [0.29, 0.717) is 29.9 Å². The highest BCUT2D eigenvalue weighted by atomic mass is 32.2. The highest BCUT2D eigenvalue weighted by Crippen LogP contribution is 2.24. The summed E-state index contributed by atoms with van der Waals surface area (Å²) < 4.78 is 28.9. The molecule has 0 radical (unpaired) electrons. The minimum atomic E-state index is -3.83. The van der Waals surface area contributed by atoms with Crippen molar-refractivity contribution in [1.29, 1.82) is 0 Å². The highest BCUT2D eigenvalue weighted by Gasteiger charge is 2.25. The van der Waals surface area contributed by atoms with Gasteiger partial charge in [-0.05, 0) is 73.9 Å². The molecule has 1 aliphatic rings. The number of nitrogens with one attached hydrogen (secondary N) is 1. The van der Waals surface area contributed by atoms with Crippen LogP contribution in [0.4, 0.5) is 11.4 Å². The molecule has 1 heterocycles. The maximum atomic E-state index is 13.2. The highest BCUT2D eigenvalue weighted by molar-refractivity contribution is 7.92. The zero-order valence-corrected chi connectivity index (χ0v) is 20.0. The molecule has 3 aromatic carbocycles. The van der Waals surface area contributed by atoms with Gasteiger partial charge in [-0.2, -0.15) is 0 Å². The van der Waals surface area contributed by atoms with Gasteiger partial charge in [-0.3, -0.25) is 9.52 Å². The molecular weight excluding hydrogens is 434 g/mol. The number of carbonyl (C=O) groups is 1. The van der Waals surface area contributed by atoms with Crippen LogP contribution in [0.15, 0.2) is 71.6 Å². The summed E-state index contributed by atoms with van der Waals surface area (Å²) in [6.45, 7) is 8.31. The molecule has 0 bridgehead atoms. The monoisotopic (exact) mass is 463 g/mol. The summed E-state index contributed by atoms with van der Waals surface area (Å²) in [6.07, 6.45) is 0. The Kier molecular flexibility index (Phi) is 6.42. The molecule has 1 fully saturated rings. The lowest BCUT2D eigenvalue weighted by atomic mass is 10.1. The smallest absolute Gasteiger partial charge is 0.262 e. The first-order chi connectivity index (χ1) is 15.7. The summed E-state index contributed by atoms with van der Waals surface area (Å²) in [7, 11) is -3.83. The summed E-state index contributed by atoms with van der Waals surface area (Å²) in [6, 6.07) is 20.5. The molecule has 0 unspecified atom stereocenters. The van der Waals surface area contributed by atoms with E-state index in [4.69, 9.17) is 0 Å². The third-order valence-electron chi connectivity index (χ3n) is 6.17.